The number of sulfonamides is 1. The normalized spacial score (nSPS) is 15.9. The number of carbonyl (C=O) groups is 3. The number of nitrogens with one attached hydrogen (secondary N) is 1. The third kappa shape index (κ3) is 6.02. The van der Waals surface area contributed by atoms with E-state index >= 15 is 0 Å². The van der Waals surface area contributed by atoms with E-state index in [0.29, 0.717) is 21.4 Å². The molecule has 1 saturated heterocycles. The first-order valence-corrected chi connectivity index (χ1v) is 13.5. The summed E-state index contributed by atoms with van der Waals surface area (Å²) < 4.78 is 28.7. The Morgan fingerprint density at radius 2 is 1.68 bits per heavy atom. The Morgan fingerprint density at radius 1 is 1.00 bits per heavy atom. The summed E-state index contributed by atoms with van der Waals surface area (Å²) in [4.78, 5) is 38.6. The van der Waals surface area contributed by atoms with E-state index in [1.165, 1.54) is 43.3 Å². The average Bonchev–Trinajstić information content (AvgIpc) is 3.13. The molecule has 1 aliphatic heterocycles. The van der Waals surface area contributed by atoms with Crippen LogP contribution in [0.4, 0.5) is 11.4 Å². The summed E-state index contributed by atoms with van der Waals surface area (Å²) >= 11 is 12.0. The fourth-order valence-corrected chi connectivity index (χ4v) is 6.05. The highest BCUT2D eigenvalue weighted by molar-refractivity contribution is 7.89. The zero-order valence-electron chi connectivity index (χ0n) is 19.7. The molecule has 0 spiro atoms. The summed E-state index contributed by atoms with van der Waals surface area (Å²) in [6.07, 6.45) is -0.0388. The van der Waals surface area contributed by atoms with Crippen LogP contribution in [0.2, 0.25) is 10.0 Å². The maximum absolute atomic E-state index is 13.8. The van der Waals surface area contributed by atoms with Gasteiger partial charge in [0.2, 0.25) is 21.8 Å². The summed E-state index contributed by atoms with van der Waals surface area (Å²) in [5.41, 5.74) is 1.52. The van der Waals surface area contributed by atoms with Gasteiger partial charge in [0.05, 0.1) is 17.0 Å². The zero-order valence-corrected chi connectivity index (χ0v) is 22.1. The van der Waals surface area contributed by atoms with Crippen molar-refractivity contribution in [3.8, 4) is 0 Å². The molecule has 0 radical (unpaired) electrons. The molecule has 3 aromatic rings. The van der Waals surface area contributed by atoms with Crippen molar-refractivity contribution in [1.82, 2.24) is 4.31 Å². The van der Waals surface area contributed by atoms with E-state index < -0.39 is 27.9 Å². The second-order valence-electron chi connectivity index (χ2n) is 8.46. The third-order valence-electron chi connectivity index (χ3n) is 5.85. The number of nitrogens with zero attached hydrogens (tertiary/aromatic N) is 2. The van der Waals surface area contributed by atoms with E-state index in [9.17, 15) is 22.8 Å². The molecule has 1 N–H and O–H groups in total. The molecule has 37 heavy (non-hydrogen) atoms. The van der Waals surface area contributed by atoms with E-state index in [-0.39, 0.29) is 30.2 Å². The van der Waals surface area contributed by atoms with Crippen LogP contribution in [-0.4, -0.2) is 43.0 Å². The minimum atomic E-state index is -4.21. The number of anilines is 2. The van der Waals surface area contributed by atoms with Gasteiger partial charge in [-0.1, -0.05) is 35.3 Å². The lowest BCUT2D eigenvalue weighted by molar-refractivity contribution is -0.122. The molecule has 3 amide bonds. The lowest BCUT2D eigenvalue weighted by atomic mass is 10.1. The predicted octanol–water partition coefficient (Wildman–Crippen LogP) is 4.52. The molecule has 8 nitrogen and oxygen atoms in total. The van der Waals surface area contributed by atoms with Gasteiger partial charge in [0.15, 0.2) is 0 Å². The second kappa shape index (κ2) is 11.0. The van der Waals surface area contributed by atoms with Crippen molar-refractivity contribution in [2.24, 2.45) is 0 Å². The first kappa shape index (κ1) is 26.8. The molecule has 1 unspecified atom stereocenters. The Labute approximate surface area is 224 Å². The minimum Gasteiger partial charge on any atom is -0.326 e. The van der Waals surface area contributed by atoms with Gasteiger partial charge in [-0.3, -0.25) is 14.4 Å². The topological polar surface area (TPSA) is 104 Å². The number of imide groups is 1. The standard InChI is InChI=1S/C26H23Cl2N3O5S/c1-17(32)29-21-7-11-23(12-8-21)37(35,36)30(14-13-18-3-2-4-20(28)15-18)24-16-25(33)31(26(24)34)22-9-5-19(27)6-10-22/h2-12,15,24H,13-14,16H2,1H3,(H,29,32). The lowest BCUT2D eigenvalue weighted by Crippen LogP contribution is -2.46. The molecule has 1 fully saturated rings. The van der Waals surface area contributed by atoms with Gasteiger partial charge in [-0.2, -0.15) is 4.31 Å². The van der Waals surface area contributed by atoms with Crippen molar-refractivity contribution in [3.63, 3.8) is 0 Å². The minimum absolute atomic E-state index is 0.0612. The van der Waals surface area contributed by atoms with Gasteiger partial charge in [0, 0.05) is 29.2 Å². The highest BCUT2D eigenvalue weighted by atomic mass is 35.5. The molecule has 0 saturated carbocycles. The van der Waals surface area contributed by atoms with Crippen LogP contribution in [0.3, 0.4) is 0 Å². The highest BCUT2D eigenvalue weighted by Gasteiger charge is 2.46. The quantitative estimate of drug-likeness (QED) is 0.408. The number of carbonyl (C=O) groups excluding carboxylic acids is 3. The molecule has 11 heteroatoms. The maximum atomic E-state index is 13.8. The lowest BCUT2D eigenvalue weighted by Gasteiger charge is -2.27. The number of hydrogen-bond acceptors (Lipinski definition) is 5. The largest absolute Gasteiger partial charge is 0.326 e. The predicted molar refractivity (Wildman–Crippen MR) is 142 cm³/mol. The van der Waals surface area contributed by atoms with Gasteiger partial charge in [-0.15, -0.1) is 0 Å². The van der Waals surface area contributed by atoms with Gasteiger partial charge in [0.1, 0.15) is 6.04 Å². The van der Waals surface area contributed by atoms with Crippen LogP contribution in [0, 0.1) is 0 Å². The van der Waals surface area contributed by atoms with E-state index in [1.807, 2.05) is 0 Å². The number of rotatable bonds is 8. The van der Waals surface area contributed by atoms with E-state index in [0.717, 1.165) is 14.8 Å². The van der Waals surface area contributed by atoms with E-state index in [4.69, 9.17) is 23.2 Å². The fourth-order valence-electron chi connectivity index (χ4n) is 4.13. The smallest absolute Gasteiger partial charge is 0.252 e. The molecule has 0 aromatic heterocycles. The van der Waals surface area contributed by atoms with Crippen molar-refractivity contribution in [2.45, 2.75) is 30.7 Å². The first-order valence-electron chi connectivity index (χ1n) is 11.3. The number of amides is 3. The summed E-state index contributed by atoms with van der Waals surface area (Å²) in [5, 5.41) is 3.52. The molecular weight excluding hydrogens is 537 g/mol. The zero-order chi connectivity index (χ0) is 26.7. The van der Waals surface area contributed by atoms with Crippen LogP contribution in [0.15, 0.2) is 77.7 Å². The van der Waals surface area contributed by atoms with Gasteiger partial charge in [0.25, 0.3) is 5.91 Å². The molecule has 1 heterocycles. The summed E-state index contributed by atoms with van der Waals surface area (Å²) in [6.45, 7) is 1.28. The van der Waals surface area contributed by atoms with Crippen molar-refractivity contribution in [2.75, 3.05) is 16.8 Å². The van der Waals surface area contributed by atoms with Crippen LogP contribution in [0.5, 0.6) is 0 Å². The molecule has 4 rings (SSSR count). The van der Waals surface area contributed by atoms with Crippen LogP contribution in [0.25, 0.3) is 0 Å². The SMILES string of the molecule is CC(=O)Nc1ccc(S(=O)(=O)N(CCc2cccc(Cl)c2)C2CC(=O)N(c3ccc(Cl)cc3)C2=O)cc1. The van der Waals surface area contributed by atoms with Crippen LogP contribution >= 0.6 is 23.2 Å². The second-order valence-corrected chi connectivity index (χ2v) is 11.2. The molecule has 0 aliphatic carbocycles. The number of hydrogen-bond donors (Lipinski definition) is 1. The summed E-state index contributed by atoms with van der Waals surface area (Å²) in [5.74, 6) is -1.45. The Morgan fingerprint density at radius 3 is 2.30 bits per heavy atom. The molecule has 0 bridgehead atoms. The third-order valence-corrected chi connectivity index (χ3v) is 8.26. The van der Waals surface area contributed by atoms with Crippen LogP contribution in [-0.2, 0) is 30.8 Å². The van der Waals surface area contributed by atoms with Gasteiger partial charge >= 0.3 is 0 Å². The first-order chi connectivity index (χ1) is 17.6. The van der Waals surface area contributed by atoms with E-state index in [1.54, 1.807) is 36.4 Å². The van der Waals surface area contributed by atoms with Crippen molar-refractivity contribution >= 4 is 62.3 Å². The Hall–Kier alpha value is -3.24. The average molecular weight is 560 g/mol. The molecule has 3 aromatic carbocycles. The highest BCUT2D eigenvalue weighted by Crippen LogP contribution is 2.30. The molecule has 1 atom stereocenters. The van der Waals surface area contributed by atoms with Crippen molar-refractivity contribution in [1.29, 1.82) is 0 Å². The Kier molecular flexibility index (Phi) is 7.99. The fraction of sp³-hybridized carbons (Fsp3) is 0.192. The Bertz CT molecular complexity index is 1440. The number of benzene rings is 3. The monoisotopic (exact) mass is 559 g/mol. The van der Waals surface area contributed by atoms with Gasteiger partial charge < -0.3 is 5.32 Å². The maximum Gasteiger partial charge on any atom is 0.252 e. The molecule has 1 aliphatic rings. The summed E-state index contributed by atoms with van der Waals surface area (Å²) in [7, 11) is -4.21. The van der Waals surface area contributed by atoms with Gasteiger partial charge in [-0.25, -0.2) is 13.3 Å². The van der Waals surface area contributed by atoms with E-state index in [2.05, 4.69) is 5.32 Å². The van der Waals surface area contributed by atoms with Crippen LogP contribution < -0.4 is 10.2 Å². The summed E-state index contributed by atoms with van der Waals surface area (Å²) in [6, 6.07) is 17.6. The Balaban J connectivity index is 1.68. The van der Waals surface area contributed by atoms with Crippen molar-refractivity contribution in [3.05, 3.63) is 88.4 Å². The number of halogens is 2. The molecule has 192 valence electrons. The molecular formula is C26H23Cl2N3O5S. The van der Waals surface area contributed by atoms with Crippen molar-refractivity contribution < 1.29 is 22.8 Å². The van der Waals surface area contributed by atoms with Gasteiger partial charge in [-0.05, 0) is 72.6 Å². The van der Waals surface area contributed by atoms with Crippen LogP contribution in [0.1, 0.15) is 18.9 Å².